The van der Waals surface area contributed by atoms with Gasteiger partial charge in [0.1, 0.15) is 5.76 Å². The van der Waals surface area contributed by atoms with Crippen molar-refractivity contribution < 1.29 is 24.2 Å². The Morgan fingerprint density at radius 3 is 2.21 bits per heavy atom. The van der Waals surface area contributed by atoms with E-state index in [2.05, 4.69) is 0 Å². The molecule has 0 aliphatic carbocycles. The number of benzene rings is 3. The maximum atomic E-state index is 13.2. The molecule has 4 rings (SSSR count). The first-order chi connectivity index (χ1) is 16.0. The minimum absolute atomic E-state index is 0.0391. The number of nitrogens with zero attached hydrogens (tertiary/aromatic N) is 2. The number of aliphatic hydroxyl groups is 1. The molecular weight excluding hydrogens is 420 g/mol. The van der Waals surface area contributed by atoms with Crippen LogP contribution in [0.1, 0.15) is 22.7 Å². The topological polar surface area (TPSA) is 99.9 Å². The standard InChI is InChI=1S/C26H20N2O5/c1-32-20-13-10-18(14-21(20)33-2)23-22(24(29)17-6-4-3-5-7-17)25(30)26(31)28(23)19-11-8-16(15-27)9-12-19/h3-14,23,29H,1-2H3/b24-22-. The highest BCUT2D eigenvalue weighted by molar-refractivity contribution is 6.51. The number of ether oxygens (including phenoxy) is 2. The lowest BCUT2D eigenvalue weighted by atomic mass is 9.94. The number of hydrogen-bond acceptors (Lipinski definition) is 6. The highest BCUT2D eigenvalue weighted by atomic mass is 16.5. The molecule has 1 fully saturated rings. The van der Waals surface area contributed by atoms with Crippen molar-refractivity contribution in [2.24, 2.45) is 0 Å². The molecule has 7 nitrogen and oxygen atoms in total. The number of nitriles is 1. The number of carbonyl (C=O) groups excluding carboxylic acids is 2. The molecule has 1 aliphatic rings. The molecule has 33 heavy (non-hydrogen) atoms. The van der Waals surface area contributed by atoms with Crippen molar-refractivity contribution >= 4 is 23.1 Å². The Labute approximate surface area is 190 Å². The largest absolute Gasteiger partial charge is 0.507 e. The smallest absolute Gasteiger partial charge is 0.300 e. The van der Waals surface area contributed by atoms with Gasteiger partial charge in [0.05, 0.1) is 37.5 Å². The molecule has 1 amide bonds. The minimum Gasteiger partial charge on any atom is -0.507 e. The van der Waals surface area contributed by atoms with Crippen molar-refractivity contribution in [3.05, 3.63) is 95.1 Å². The van der Waals surface area contributed by atoms with Gasteiger partial charge < -0.3 is 14.6 Å². The Hall–Kier alpha value is -4.57. The van der Waals surface area contributed by atoms with Crippen LogP contribution < -0.4 is 14.4 Å². The molecule has 3 aromatic carbocycles. The molecule has 0 bridgehead atoms. The Morgan fingerprint density at radius 2 is 1.61 bits per heavy atom. The van der Waals surface area contributed by atoms with E-state index in [0.717, 1.165) is 0 Å². The summed E-state index contributed by atoms with van der Waals surface area (Å²) in [5, 5.41) is 20.2. The Kier molecular flexibility index (Phi) is 5.83. The lowest BCUT2D eigenvalue weighted by Crippen LogP contribution is -2.29. The summed E-state index contributed by atoms with van der Waals surface area (Å²) in [6.45, 7) is 0. The number of ketones is 1. The number of anilines is 1. The number of aliphatic hydroxyl groups excluding tert-OH is 1. The first-order valence-electron chi connectivity index (χ1n) is 10.1. The summed E-state index contributed by atoms with van der Waals surface area (Å²) in [5.74, 6) is -0.956. The fraction of sp³-hybridized carbons (Fsp3) is 0.115. The molecule has 1 heterocycles. The molecule has 7 heteroatoms. The summed E-state index contributed by atoms with van der Waals surface area (Å²) in [5.41, 5.74) is 1.77. The third-order valence-corrected chi connectivity index (χ3v) is 5.49. The second kappa shape index (κ2) is 8.89. The summed E-state index contributed by atoms with van der Waals surface area (Å²) in [6, 6.07) is 21.1. The van der Waals surface area contributed by atoms with Gasteiger partial charge in [-0.15, -0.1) is 0 Å². The van der Waals surface area contributed by atoms with Crippen molar-refractivity contribution in [1.82, 2.24) is 0 Å². The molecule has 1 unspecified atom stereocenters. The van der Waals surface area contributed by atoms with Crippen LogP contribution in [-0.2, 0) is 9.59 Å². The Bertz CT molecular complexity index is 1290. The quantitative estimate of drug-likeness (QED) is 0.363. The second-order valence-electron chi connectivity index (χ2n) is 7.31. The van der Waals surface area contributed by atoms with Gasteiger partial charge in [-0.25, -0.2) is 0 Å². The third kappa shape index (κ3) is 3.79. The maximum Gasteiger partial charge on any atom is 0.300 e. The minimum atomic E-state index is -0.919. The zero-order valence-electron chi connectivity index (χ0n) is 18.0. The number of methoxy groups -OCH3 is 2. The van der Waals surface area contributed by atoms with E-state index in [4.69, 9.17) is 14.7 Å². The molecule has 0 aromatic heterocycles. The van der Waals surface area contributed by atoms with Crippen molar-refractivity contribution in [3.63, 3.8) is 0 Å². The summed E-state index contributed by atoms with van der Waals surface area (Å²) < 4.78 is 10.7. The van der Waals surface area contributed by atoms with E-state index in [0.29, 0.717) is 33.9 Å². The van der Waals surface area contributed by atoms with Crippen LogP contribution in [0.3, 0.4) is 0 Å². The molecule has 3 aromatic rings. The third-order valence-electron chi connectivity index (χ3n) is 5.49. The zero-order valence-corrected chi connectivity index (χ0v) is 18.0. The molecule has 1 atom stereocenters. The summed E-state index contributed by atoms with van der Waals surface area (Å²) in [6.07, 6.45) is 0. The van der Waals surface area contributed by atoms with Gasteiger partial charge in [-0.1, -0.05) is 36.4 Å². The number of rotatable bonds is 5. The number of Topliss-reactive ketones (excluding diaryl/α,β-unsaturated/α-hetero) is 1. The van der Waals surface area contributed by atoms with Gasteiger partial charge in [0, 0.05) is 11.3 Å². The summed E-state index contributed by atoms with van der Waals surface area (Å²) in [7, 11) is 3.00. The lowest BCUT2D eigenvalue weighted by molar-refractivity contribution is -0.132. The van der Waals surface area contributed by atoms with E-state index < -0.39 is 17.7 Å². The van der Waals surface area contributed by atoms with Crippen molar-refractivity contribution in [2.45, 2.75) is 6.04 Å². The van der Waals surface area contributed by atoms with Gasteiger partial charge in [-0.2, -0.15) is 5.26 Å². The van der Waals surface area contributed by atoms with Gasteiger partial charge in [0.15, 0.2) is 11.5 Å². The lowest BCUT2D eigenvalue weighted by Gasteiger charge is -2.26. The molecule has 0 radical (unpaired) electrons. The predicted octanol–water partition coefficient (Wildman–Crippen LogP) is 4.20. The first-order valence-corrected chi connectivity index (χ1v) is 10.1. The average molecular weight is 440 g/mol. The second-order valence-corrected chi connectivity index (χ2v) is 7.31. The Balaban J connectivity index is 1.96. The van der Waals surface area contributed by atoms with Gasteiger partial charge >= 0.3 is 0 Å². The van der Waals surface area contributed by atoms with Gasteiger partial charge in [-0.3, -0.25) is 14.5 Å². The van der Waals surface area contributed by atoms with Gasteiger partial charge in [0.2, 0.25) is 0 Å². The molecule has 1 N–H and O–H groups in total. The molecular formula is C26H20N2O5. The average Bonchev–Trinajstić information content (AvgIpc) is 3.13. The maximum absolute atomic E-state index is 13.2. The van der Waals surface area contributed by atoms with Gasteiger partial charge in [0.25, 0.3) is 11.7 Å². The first kappa shape index (κ1) is 21.7. The van der Waals surface area contributed by atoms with E-state index in [1.54, 1.807) is 72.8 Å². The fourth-order valence-electron chi connectivity index (χ4n) is 3.89. The molecule has 0 saturated carbocycles. The van der Waals surface area contributed by atoms with Crippen molar-refractivity contribution in [2.75, 3.05) is 19.1 Å². The van der Waals surface area contributed by atoms with Crippen LogP contribution in [0.5, 0.6) is 11.5 Å². The number of carbonyl (C=O) groups is 2. The SMILES string of the molecule is COc1ccc(C2/C(=C(/O)c3ccccc3)C(=O)C(=O)N2c2ccc(C#N)cc2)cc1OC. The van der Waals surface area contributed by atoms with E-state index >= 15 is 0 Å². The molecule has 0 spiro atoms. The highest BCUT2D eigenvalue weighted by Gasteiger charge is 2.47. The van der Waals surface area contributed by atoms with Crippen molar-refractivity contribution in [3.8, 4) is 17.6 Å². The van der Waals surface area contributed by atoms with Crippen LogP contribution in [-0.4, -0.2) is 31.0 Å². The Morgan fingerprint density at radius 1 is 0.939 bits per heavy atom. The monoisotopic (exact) mass is 440 g/mol. The van der Waals surface area contributed by atoms with Crippen LogP contribution in [0.4, 0.5) is 5.69 Å². The number of hydrogen-bond donors (Lipinski definition) is 1. The van der Waals surface area contributed by atoms with Gasteiger partial charge in [-0.05, 0) is 42.0 Å². The van der Waals surface area contributed by atoms with Crippen LogP contribution in [0, 0.1) is 11.3 Å². The molecule has 1 saturated heterocycles. The van der Waals surface area contributed by atoms with Crippen LogP contribution in [0.2, 0.25) is 0 Å². The highest BCUT2D eigenvalue weighted by Crippen LogP contribution is 2.44. The van der Waals surface area contributed by atoms with E-state index in [-0.39, 0.29) is 11.3 Å². The molecule has 1 aliphatic heterocycles. The van der Waals surface area contributed by atoms with Crippen LogP contribution in [0.25, 0.3) is 5.76 Å². The van der Waals surface area contributed by atoms with E-state index in [1.807, 2.05) is 6.07 Å². The van der Waals surface area contributed by atoms with E-state index in [1.165, 1.54) is 19.1 Å². The van der Waals surface area contributed by atoms with Crippen LogP contribution >= 0.6 is 0 Å². The summed E-state index contributed by atoms with van der Waals surface area (Å²) >= 11 is 0. The number of amides is 1. The summed E-state index contributed by atoms with van der Waals surface area (Å²) in [4.78, 5) is 27.7. The zero-order chi connectivity index (χ0) is 23.5. The van der Waals surface area contributed by atoms with Crippen molar-refractivity contribution in [1.29, 1.82) is 5.26 Å². The fourth-order valence-corrected chi connectivity index (χ4v) is 3.89. The normalized spacial score (nSPS) is 17.0. The van der Waals surface area contributed by atoms with Crippen LogP contribution in [0.15, 0.2) is 78.4 Å². The predicted molar refractivity (Wildman–Crippen MR) is 122 cm³/mol. The van der Waals surface area contributed by atoms with E-state index in [9.17, 15) is 14.7 Å². The molecule has 164 valence electrons.